The Labute approximate surface area is 148 Å². The summed E-state index contributed by atoms with van der Waals surface area (Å²) in [5.74, 6) is 1.31. The maximum Gasteiger partial charge on any atom is 0.269 e. The molecular formula is C18H15N5O3. The highest BCUT2D eigenvalue weighted by Crippen LogP contribution is 2.33. The van der Waals surface area contributed by atoms with Crippen LogP contribution in [-0.4, -0.2) is 26.8 Å². The Morgan fingerprint density at radius 3 is 2.88 bits per heavy atom. The predicted molar refractivity (Wildman–Crippen MR) is 95.9 cm³/mol. The van der Waals surface area contributed by atoms with Crippen molar-refractivity contribution in [2.24, 2.45) is 0 Å². The lowest BCUT2D eigenvalue weighted by Gasteiger charge is -2.24. The van der Waals surface area contributed by atoms with Gasteiger partial charge in [0, 0.05) is 23.4 Å². The topological polar surface area (TPSA) is 95.1 Å². The summed E-state index contributed by atoms with van der Waals surface area (Å²) < 4.78 is 6.99. The van der Waals surface area contributed by atoms with E-state index in [1.165, 1.54) is 12.4 Å². The second-order valence-electron chi connectivity index (χ2n) is 5.76. The van der Waals surface area contributed by atoms with Gasteiger partial charge in [-0.15, -0.1) is 0 Å². The van der Waals surface area contributed by atoms with Crippen LogP contribution in [0.1, 0.15) is 17.2 Å². The Hall–Kier alpha value is -3.68. The summed E-state index contributed by atoms with van der Waals surface area (Å²) in [6, 6.07) is 13.9. The van der Waals surface area contributed by atoms with Crippen LogP contribution in [-0.2, 0) is 0 Å². The van der Waals surface area contributed by atoms with Gasteiger partial charge in [0.25, 0.3) is 5.69 Å². The van der Waals surface area contributed by atoms with E-state index in [0.29, 0.717) is 5.95 Å². The number of rotatable bonds is 4. The molecule has 0 bridgehead atoms. The van der Waals surface area contributed by atoms with Gasteiger partial charge in [-0.2, -0.15) is 10.1 Å². The molecule has 0 unspecified atom stereocenters. The van der Waals surface area contributed by atoms with Gasteiger partial charge >= 0.3 is 0 Å². The van der Waals surface area contributed by atoms with E-state index >= 15 is 0 Å². The third-order valence-corrected chi connectivity index (χ3v) is 4.21. The number of aromatic nitrogens is 3. The molecule has 8 heteroatoms. The molecule has 2 aromatic carbocycles. The number of nitro benzene ring substituents is 1. The fourth-order valence-electron chi connectivity index (χ4n) is 2.95. The van der Waals surface area contributed by atoms with E-state index in [9.17, 15) is 10.1 Å². The van der Waals surface area contributed by atoms with E-state index < -0.39 is 4.92 Å². The highest BCUT2D eigenvalue weighted by Gasteiger charge is 2.24. The predicted octanol–water partition coefficient (Wildman–Crippen LogP) is 3.25. The number of benzene rings is 2. The zero-order chi connectivity index (χ0) is 18.1. The number of anilines is 1. The van der Waals surface area contributed by atoms with Crippen molar-refractivity contribution in [3.8, 4) is 5.75 Å². The molecule has 0 saturated carbocycles. The third-order valence-electron chi connectivity index (χ3n) is 4.21. The van der Waals surface area contributed by atoms with Gasteiger partial charge in [-0.05, 0) is 23.8 Å². The van der Waals surface area contributed by atoms with Gasteiger partial charge < -0.3 is 10.1 Å². The quantitative estimate of drug-likeness (QED) is 0.574. The van der Waals surface area contributed by atoms with Crippen molar-refractivity contribution in [1.82, 2.24) is 14.8 Å². The van der Waals surface area contributed by atoms with Crippen molar-refractivity contribution >= 4 is 17.3 Å². The van der Waals surface area contributed by atoms with E-state index in [4.69, 9.17) is 4.74 Å². The van der Waals surface area contributed by atoms with Crippen LogP contribution in [0.5, 0.6) is 5.75 Å². The van der Waals surface area contributed by atoms with Crippen LogP contribution in [0.2, 0.25) is 0 Å². The third kappa shape index (κ3) is 2.77. The molecular weight excluding hydrogens is 334 g/mol. The summed E-state index contributed by atoms with van der Waals surface area (Å²) in [6.07, 6.45) is 3.42. The van der Waals surface area contributed by atoms with Crippen LogP contribution < -0.4 is 10.1 Å². The number of fused-ring (bicyclic) bond motifs is 1. The number of ether oxygens (including phenoxy) is 1. The Morgan fingerprint density at radius 2 is 2.08 bits per heavy atom. The van der Waals surface area contributed by atoms with Gasteiger partial charge in [-0.25, -0.2) is 4.68 Å². The molecule has 0 amide bonds. The van der Waals surface area contributed by atoms with Crippen molar-refractivity contribution in [2.45, 2.75) is 6.04 Å². The van der Waals surface area contributed by atoms with Crippen LogP contribution in [0, 0.1) is 10.1 Å². The number of allylic oxidation sites excluding steroid dienone is 1. The lowest BCUT2D eigenvalue weighted by atomic mass is 10.0. The Morgan fingerprint density at radius 1 is 1.23 bits per heavy atom. The number of hydrogen-bond donors (Lipinski definition) is 1. The number of nitro groups is 1. The first-order valence-electron chi connectivity index (χ1n) is 7.93. The standard InChI is InChI=1S/C18H15N5O3/c1-26-15-7-3-4-12(9-15)16-10-17(22-18(21-16)19-11-20-22)13-5-2-6-14(8-13)23(24)25/h2-11,17H,1H3,(H,19,20,21)/t17-/m1/s1. The zero-order valence-corrected chi connectivity index (χ0v) is 13.9. The second-order valence-corrected chi connectivity index (χ2v) is 5.76. The maximum atomic E-state index is 11.1. The van der Waals surface area contributed by atoms with Crippen molar-refractivity contribution in [1.29, 1.82) is 0 Å². The van der Waals surface area contributed by atoms with Gasteiger partial charge in [-0.3, -0.25) is 10.1 Å². The van der Waals surface area contributed by atoms with Crippen LogP contribution in [0.4, 0.5) is 11.6 Å². The Balaban J connectivity index is 1.81. The van der Waals surface area contributed by atoms with E-state index in [2.05, 4.69) is 15.4 Å². The normalized spacial score (nSPS) is 15.6. The average molecular weight is 349 g/mol. The minimum atomic E-state index is -0.403. The summed E-state index contributed by atoms with van der Waals surface area (Å²) in [5.41, 5.74) is 2.56. The van der Waals surface area contributed by atoms with Gasteiger partial charge in [-0.1, -0.05) is 24.3 Å². The van der Waals surface area contributed by atoms with E-state index in [1.807, 2.05) is 36.4 Å². The van der Waals surface area contributed by atoms with Crippen LogP contribution in [0.3, 0.4) is 0 Å². The fraction of sp³-hybridized carbons (Fsp3) is 0.111. The molecule has 1 aliphatic heterocycles. The smallest absolute Gasteiger partial charge is 0.269 e. The first-order valence-corrected chi connectivity index (χ1v) is 7.93. The number of methoxy groups -OCH3 is 1. The first kappa shape index (κ1) is 15.8. The molecule has 1 N–H and O–H groups in total. The van der Waals surface area contributed by atoms with E-state index in [1.54, 1.807) is 23.9 Å². The van der Waals surface area contributed by atoms with Crippen LogP contribution in [0.25, 0.3) is 5.70 Å². The van der Waals surface area contributed by atoms with Crippen LogP contribution in [0.15, 0.2) is 60.9 Å². The van der Waals surface area contributed by atoms with Crippen LogP contribution >= 0.6 is 0 Å². The van der Waals surface area contributed by atoms with Crippen molar-refractivity contribution in [2.75, 3.05) is 12.4 Å². The van der Waals surface area contributed by atoms with Gasteiger partial charge in [0.05, 0.1) is 12.0 Å². The summed E-state index contributed by atoms with van der Waals surface area (Å²) in [5, 5.41) is 18.6. The first-order chi connectivity index (χ1) is 12.7. The molecule has 1 aliphatic rings. The molecule has 8 nitrogen and oxygen atoms in total. The highest BCUT2D eigenvalue weighted by atomic mass is 16.6. The minimum absolute atomic E-state index is 0.0408. The molecule has 0 radical (unpaired) electrons. The van der Waals surface area contributed by atoms with Crippen molar-refractivity contribution in [3.63, 3.8) is 0 Å². The maximum absolute atomic E-state index is 11.1. The molecule has 1 atom stereocenters. The number of hydrogen-bond acceptors (Lipinski definition) is 6. The molecule has 2 heterocycles. The molecule has 3 aromatic rings. The molecule has 1 aromatic heterocycles. The van der Waals surface area contributed by atoms with Gasteiger partial charge in [0.15, 0.2) is 0 Å². The SMILES string of the molecule is COc1cccc(C2=C[C@H](c3cccc([N+](=O)[O-])c3)n3ncnc3N2)c1. The van der Waals surface area contributed by atoms with E-state index in [0.717, 1.165) is 22.6 Å². The molecule has 0 spiro atoms. The monoisotopic (exact) mass is 349 g/mol. The van der Waals surface area contributed by atoms with Gasteiger partial charge in [0.2, 0.25) is 5.95 Å². The molecule has 0 aliphatic carbocycles. The summed E-state index contributed by atoms with van der Waals surface area (Å²) in [4.78, 5) is 15.0. The molecule has 4 rings (SSSR count). The zero-order valence-electron chi connectivity index (χ0n) is 13.9. The molecule has 130 valence electrons. The number of nitrogens with zero attached hydrogens (tertiary/aromatic N) is 4. The Bertz CT molecular complexity index is 1010. The fourth-order valence-corrected chi connectivity index (χ4v) is 2.95. The van der Waals surface area contributed by atoms with Crippen molar-refractivity contribution in [3.05, 3.63) is 82.2 Å². The molecule has 26 heavy (non-hydrogen) atoms. The molecule has 0 fully saturated rings. The largest absolute Gasteiger partial charge is 0.497 e. The summed E-state index contributed by atoms with van der Waals surface area (Å²) >= 11 is 0. The lowest BCUT2D eigenvalue weighted by Crippen LogP contribution is -2.20. The minimum Gasteiger partial charge on any atom is -0.497 e. The summed E-state index contributed by atoms with van der Waals surface area (Å²) in [7, 11) is 1.62. The van der Waals surface area contributed by atoms with Crippen molar-refractivity contribution < 1.29 is 9.66 Å². The van der Waals surface area contributed by atoms with E-state index in [-0.39, 0.29) is 11.7 Å². The molecule has 0 saturated heterocycles. The second kappa shape index (κ2) is 6.32. The summed E-state index contributed by atoms with van der Waals surface area (Å²) in [6.45, 7) is 0. The number of non-ortho nitro benzene ring substituents is 1. The Kier molecular flexibility index (Phi) is 3.85. The highest BCUT2D eigenvalue weighted by molar-refractivity contribution is 5.77. The van der Waals surface area contributed by atoms with Gasteiger partial charge in [0.1, 0.15) is 18.1 Å². The average Bonchev–Trinajstić information content (AvgIpc) is 3.16. The lowest BCUT2D eigenvalue weighted by molar-refractivity contribution is -0.384. The number of nitrogens with one attached hydrogen (secondary N) is 1.